The number of aryl methyl sites for hydroxylation is 2. The normalized spacial score (nSPS) is 11.5. The summed E-state index contributed by atoms with van der Waals surface area (Å²) in [6, 6.07) is 4.45. The Morgan fingerprint density at radius 2 is 2.10 bits per heavy atom. The summed E-state index contributed by atoms with van der Waals surface area (Å²) in [7, 11) is 0. The topological polar surface area (TPSA) is 55.1 Å². The number of nitrogens with one attached hydrogen (secondary N) is 1. The molecular weight excluding hydrogens is 285 g/mol. The zero-order valence-corrected chi connectivity index (χ0v) is 11.4. The first-order valence-electron chi connectivity index (χ1n) is 6.26. The molecule has 0 radical (unpaired) electrons. The number of aromatic nitrogens is 1. The molecule has 4 nitrogen and oxygen atoms in total. The number of benzene rings is 1. The molecule has 0 saturated heterocycles. The lowest BCUT2D eigenvalue weighted by atomic mass is 10.1. The molecule has 0 unspecified atom stereocenters. The Kier molecular flexibility index (Phi) is 4.02. The van der Waals surface area contributed by atoms with Gasteiger partial charge in [0.2, 0.25) is 0 Å². The van der Waals surface area contributed by atoms with Crippen molar-refractivity contribution in [3.63, 3.8) is 0 Å². The van der Waals surface area contributed by atoms with Crippen molar-refractivity contribution in [3.05, 3.63) is 46.8 Å². The van der Waals surface area contributed by atoms with E-state index in [9.17, 15) is 18.0 Å². The Hall–Kier alpha value is -2.31. The second kappa shape index (κ2) is 5.59. The van der Waals surface area contributed by atoms with E-state index in [-0.39, 0.29) is 11.3 Å². The van der Waals surface area contributed by atoms with Crippen molar-refractivity contribution in [2.45, 2.75) is 26.4 Å². The van der Waals surface area contributed by atoms with Crippen molar-refractivity contribution < 1.29 is 22.5 Å². The van der Waals surface area contributed by atoms with Gasteiger partial charge in [-0.1, -0.05) is 18.1 Å². The monoisotopic (exact) mass is 298 g/mol. The van der Waals surface area contributed by atoms with Gasteiger partial charge in [-0.2, -0.15) is 13.2 Å². The van der Waals surface area contributed by atoms with E-state index in [1.807, 2.05) is 0 Å². The van der Waals surface area contributed by atoms with Crippen LogP contribution >= 0.6 is 0 Å². The van der Waals surface area contributed by atoms with E-state index in [1.54, 1.807) is 13.8 Å². The maximum atomic E-state index is 12.6. The summed E-state index contributed by atoms with van der Waals surface area (Å²) in [5.74, 6) is -0.137. The van der Waals surface area contributed by atoms with Crippen LogP contribution in [0.4, 0.5) is 18.9 Å². The molecule has 21 heavy (non-hydrogen) atoms. The first kappa shape index (κ1) is 15.1. The third kappa shape index (κ3) is 3.24. The van der Waals surface area contributed by atoms with Crippen LogP contribution in [-0.4, -0.2) is 11.1 Å². The fourth-order valence-corrected chi connectivity index (χ4v) is 1.92. The Morgan fingerprint density at radius 3 is 2.71 bits per heavy atom. The van der Waals surface area contributed by atoms with E-state index in [0.717, 1.165) is 12.1 Å². The summed E-state index contributed by atoms with van der Waals surface area (Å²) in [6.07, 6.45) is -3.99. The van der Waals surface area contributed by atoms with Crippen LogP contribution in [0, 0.1) is 6.92 Å². The molecule has 1 amide bonds. The van der Waals surface area contributed by atoms with E-state index >= 15 is 0 Å². The van der Waals surface area contributed by atoms with Crippen molar-refractivity contribution in [2.75, 3.05) is 5.32 Å². The predicted molar refractivity (Wildman–Crippen MR) is 70.0 cm³/mol. The van der Waals surface area contributed by atoms with Gasteiger partial charge in [0.15, 0.2) is 0 Å². The zero-order valence-electron chi connectivity index (χ0n) is 11.4. The number of carbonyl (C=O) groups is 1. The minimum absolute atomic E-state index is 0.0671. The minimum Gasteiger partial charge on any atom is -0.360 e. The van der Waals surface area contributed by atoms with Crippen LogP contribution in [0.15, 0.2) is 28.8 Å². The first-order valence-corrected chi connectivity index (χ1v) is 6.26. The first-order chi connectivity index (χ1) is 9.82. The SMILES string of the molecule is CCc1onc(C)c1C(=O)Nc1cccc(C(F)(F)F)c1. The summed E-state index contributed by atoms with van der Waals surface area (Å²) >= 11 is 0. The molecule has 1 heterocycles. The molecule has 2 aromatic rings. The minimum atomic E-state index is -4.46. The highest BCUT2D eigenvalue weighted by molar-refractivity contribution is 6.05. The molecule has 112 valence electrons. The number of alkyl halides is 3. The molecule has 1 N–H and O–H groups in total. The lowest BCUT2D eigenvalue weighted by Crippen LogP contribution is -2.15. The molecule has 0 atom stereocenters. The number of halogens is 3. The van der Waals surface area contributed by atoms with Gasteiger partial charge >= 0.3 is 6.18 Å². The number of hydrogen-bond acceptors (Lipinski definition) is 3. The fourth-order valence-electron chi connectivity index (χ4n) is 1.92. The third-order valence-corrected chi connectivity index (χ3v) is 2.93. The molecule has 0 bridgehead atoms. The quantitative estimate of drug-likeness (QED) is 0.937. The Labute approximate surface area is 118 Å². The molecule has 0 saturated carbocycles. The average Bonchev–Trinajstić information content (AvgIpc) is 2.79. The summed E-state index contributed by atoms with van der Waals surface area (Å²) in [5.41, 5.74) is -0.0956. The summed E-state index contributed by atoms with van der Waals surface area (Å²) in [6.45, 7) is 3.39. The highest BCUT2D eigenvalue weighted by Gasteiger charge is 2.30. The lowest BCUT2D eigenvalue weighted by molar-refractivity contribution is -0.137. The standard InChI is InChI=1S/C14H13F3N2O2/c1-3-11-12(8(2)19-21-11)13(20)18-10-6-4-5-9(7-10)14(15,16)17/h4-7H,3H2,1-2H3,(H,18,20). The van der Waals surface area contributed by atoms with Crippen molar-refractivity contribution in [2.24, 2.45) is 0 Å². The van der Waals surface area contributed by atoms with Crippen LogP contribution in [0.2, 0.25) is 0 Å². The Morgan fingerprint density at radius 1 is 1.38 bits per heavy atom. The van der Waals surface area contributed by atoms with Gasteiger partial charge in [-0.05, 0) is 25.1 Å². The van der Waals surface area contributed by atoms with E-state index in [2.05, 4.69) is 10.5 Å². The zero-order chi connectivity index (χ0) is 15.6. The van der Waals surface area contributed by atoms with Gasteiger partial charge in [-0.3, -0.25) is 4.79 Å². The van der Waals surface area contributed by atoms with E-state index in [0.29, 0.717) is 17.9 Å². The van der Waals surface area contributed by atoms with Crippen LogP contribution < -0.4 is 5.32 Å². The van der Waals surface area contributed by atoms with Gasteiger partial charge in [-0.25, -0.2) is 0 Å². The highest BCUT2D eigenvalue weighted by Crippen LogP contribution is 2.30. The Balaban J connectivity index is 2.26. The van der Waals surface area contributed by atoms with Crippen molar-refractivity contribution in [1.29, 1.82) is 0 Å². The molecule has 1 aromatic heterocycles. The van der Waals surface area contributed by atoms with Gasteiger partial charge in [-0.15, -0.1) is 0 Å². The van der Waals surface area contributed by atoms with E-state index in [4.69, 9.17) is 4.52 Å². The molecular formula is C14H13F3N2O2. The Bertz CT molecular complexity index is 662. The van der Waals surface area contributed by atoms with Crippen LogP contribution in [0.1, 0.15) is 34.3 Å². The molecule has 0 aliphatic rings. The molecule has 2 rings (SSSR count). The largest absolute Gasteiger partial charge is 0.416 e. The van der Waals surface area contributed by atoms with Crippen molar-refractivity contribution >= 4 is 11.6 Å². The number of carbonyl (C=O) groups excluding carboxylic acids is 1. The number of nitrogens with zero attached hydrogens (tertiary/aromatic N) is 1. The van der Waals surface area contributed by atoms with Crippen LogP contribution in [0.3, 0.4) is 0 Å². The predicted octanol–water partition coefficient (Wildman–Crippen LogP) is 3.82. The second-order valence-corrected chi connectivity index (χ2v) is 4.45. The molecule has 0 fully saturated rings. The number of amides is 1. The van der Waals surface area contributed by atoms with Crippen LogP contribution in [0.5, 0.6) is 0 Å². The number of rotatable bonds is 3. The highest BCUT2D eigenvalue weighted by atomic mass is 19.4. The van der Waals surface area contributed by atoms with E-state index < -0.39 is 17.6 Å². The summed E-state index contributed by atoms with van der Waals surface area (Å²) < 4.78 is 42.9. The van der Waals surface area contributed by atoms with Crippen molar-refractivity contribution in [1.82, 2.24) is 5.16 Å². The van der Waals surface area contributed by atoms with Crippen molar-refractivity contribution in [3.8, 4) is 0 Å². The lowest BCUT2D eigenvalue weighted by Gasteiger charge is -2.09. The molecule has 0 aliphatic heterocycles. The van der Waals surface area contributed by atoms with Gasteiger partial charge in [0, 0.05) is 12.1 Å². The third-order valence-electron chi connectivity index (χ3n) is 2.93. The maximum Gasteiger partial charge on any atom is 0.416 e. The average molecular weight is 298 g/mol. The second-order valence-electron chi connectivity index (χ2n) is 4.45. The molecule has 0 spiro atoms. The van der Waals surface area contributed by atoms with Crippen LogP contribution in [0.25, 0.3) is 0 Å². The number of hydrogen-bond donors (Lipinski definition) is 1. The van der Waals surface area contributed by atoms with Crippen LogP contribution in [-0.2, 0) is 12.6 Å². The molecule has 0 aliphatic carbocycles. The summed E-state index contributed by atoms with van der Waals surface area (Å²) in [4.78, 5) is 12.1. The molecule has 7 heteroatoms. The van der Waals surface area contributed by atoms with Gasteiger partial charge in [0.25, 0.3) is 5.91 Å². The van der Waals surface area contributed by atoms with Gasteiger partial charge < -0.3 is 9.84 Å². The number of anilines is 1. The van der Waals surface area contributed by atoms with E-state index in [1.165, 1.54) is 12.1 Å². The smallest absolute Gasteiger partial charge is 0.360 e. The summed E-state index contributed by atoms with van der Waals surface area (Å²) in [5, 5.41) is 6.12. The maximum absolute atomic E-state index is 12.6. The fraction of sp³-hybridized carbons (Fsp3) is 0.286. The molecule has 1 aromatic carbocycles. The van der Waals surface area contributed by atoms with Gasteiger partial charge in [0.1, 0.15) is 11.3 Å². The van der Waals surface area contributed by atoms with Gasteiger partial charge in [0.05, 0.1) is 11.3 Å².